The van der Waals surface area contributed by atoms with Crippen LogP contribution in [0.4, 0.5) is 4.39 Å². The standard InChI is InChI=1S/C16H17FN2O3/c1-9-7-10(2)19-16(22)14(9)15(21)18-8-13(20)11-5-3-4-6-12(11)17/h3-7,13,20H,8H2,1-2H3,(H,18,21)(H,19,22). The third-order valence-electron chi connectivity index (χ3n) is 3.31. The zero-order chi connectivity index (χ0) is 16.3. The van der Waals surface area contributed by atoms with Crippen molar-refractivity contribution in [2.45, 2.75) is 20.0 Å². The fraction of sp³-hybridized carbons (Fsp3) is 0.250. The van der Waals surface area contributed by atoms with E-state index in [1.807, 2.05) is 0 Å². The summed E-state index contributed by atoms with van der Waals surface area (Å²) in [4.78, 5) is 26.5. The lowest BCUT2D eigenvalue weighted by Crippen LogP contribution is -2.33. The molecule has 0 aliphatic carbocycles. The number of carbonyl (C=O) groups excluding carboxylic acids is 1. The van der Waals surface area contributed by atoms with Crippen molar-refractivity contribution in [3.05, 3.63) is 68.9 Å². The smallest absolute Gasteiger partial charge is 0.261 e. The third kappa shape index (κ3) is 3.40. The number of aromatic nitrogens is 1. The Balaban J connectivity index is 2.11. The normalized spacial score (nSPS) is 12.0. The van der Waals surface area contributed by atoms with E-state index in [0.717, 1.165) is 0 Å². The van der Waals surface area contributed by atoms with Gasteiger partial charge in [0.05, 0.1) is 6.10 Å². The monoisotopic (exact) mass is 304 g/mol. The number of nitrogens with one attached hydrogen (secondary N) is 2. The van der Waals surface area contributed by atoms with Crippen LogP contribution in [0.3, 0.4) is 0 Å². The van der Waals surface area contributed by atoms with Crippen LogP contribution >= 0.6 is 0 Å². The van der Waals surface area contributed by atoms with Gasteiger partial charge in [-0.1, -0.05) is 18.2 Å². The van der Waals surface area contributed by atoms with Crippen molar-refractivity contribution in [2.75, 3.05) is 6.54 Å². The summed E-state index contributed by atoms with van der Waals surface area (Å²) in [6.45, 7) is 3.19. The molecule has 0 aliphatic heterocycles. The number of aromatic amines is 1. The highest BCUT2D eigenvalue weighted by Gasteiger charge is 2.17. The molecule has 0 radical (unpaired) electrons. The molecule has 0 saturated carbocycles. The van der Waals surface area contributed by atoms with Crippen LogP contribution in [0.2, 0.25) is 0 Å². The molecule has 0 saturated heterocycles. The van der Waals surface area contributed by atoms with Crippen LogP contribution in [0.15, 0.2) is 35.1 Å². The van der Waals surface area contributed by atoms with Gasteiger partial charge in [0, 0.05) is 17.8 Å². The number of hydrogen-bond acceptors (Lipinski definition) is 3. The van der Waals surface area contributed by atoms with Gasteiger partial charge in [0.15, 0.2) is 0 Å². The Labute approximate surface area is 126 Å². The summed E-state index contributed by atoms with van der Waals surface area (Å²) in [5.74, 6) is -1.15. The molecule has 1 aromatic heterocycles. The van der Waals surface area contributed by atoms with Gasteiger partial charge >= 0.3 is 0 Å². The van der Waals surface area contributed by atoms with Crippen LogP contribution in [-0.4, -0.2) is 22.5 Å². The Kier molecular flexibility index (Phi) is 4.72. The van der Waals surface area contributed by atoms with Crippen molar-refractivity contribution in [1.82, 2.24) is 10.3 Å². The summed E-state index contributed by atoms with van der Waals surface area (Å²) in [5.41, 5.74) is 0.795. The van der Waals surface area contributed by atoms with Gasteiger partial charge in [0.1, 0.15) is 11.4 Å². The van der Waals surface area contributed by atoms with Crippen molar-refractivity contribution in [3.63, 3.8) is 0 Å². The number of carbonyl (C=O) groups is 1. The van der Waals surface area contributed by atoms with E-state index in [9.17, 15) is 19.1 Å². The van der Waals surface area contributed by atoms with Crippen LogP contribution in [-0.2, 0) is 0 Å². The summed E-state index contributed by atoms with van der Waals surface area (Å²) >= 11 is 0. The first-order valence-electron chi connectivity index (χ1n) is 6.81. The van der Waals surface area contributed by atoms with Crippen LogP contribution in [0.5, 0.6) is 0 Å². The highest BCUT2D eigenvalue weighted by molar-refractivity contribution is 5.95. The summed E-state index contributed by atoms with van der Waals surface area (Å²) in [7, 11) is 0. The van der Waals surface area contributed by atoms with E-state index in [1.165, 1.54) is 18.2 Å². The van der Waals surface area contributed by atoms with E-state index in [4.69, 9.17) is 0 Å². The van der Waals surface area contributed by atoms with Crippen molar-refractivity contribution < 1.29 is 14.3 Å². The molecule has 1 aromatic carbocycles. The summed E-state index contributed by atoms with van der Waals surface area (Å²) in [6.07, 6.45) is -1.19. The number of H-pyrrole nitrogens is 1. The van der Waals surface area contributed by atoms with Crippen LogP contribution in [0, 0.1) is 19.7 Å². The van der Waals surface area contributed by atoms with Crippen LogP contribution < -0.4 is 10.9 Å². The van der Waals surface area contributed by atoms with E-state index in [1.54, 1.807) is 26.0 Å². The first-order chi connectivity index (χ1) is 10.4. The van der Waals surface area contributed by atoms with Gasteiger partial charge < -0.3 is 15.4 Å². The number of pyridine rings is 1. The average Bonchev–Trinajstić information content (AvgIpc) is 2.44. The van der Waals surface area contributed by atoms with Crippen molar-refractivity contribution in [2.24, 2.45) is 0 Å². The molecule has 1 atom stereocenters. The van der Waals surface area contributed by atoms with E-state index in [-0.39, 0.29) is 17.7 Å². The SMILES string of the molecule is Cc1cc(C)c(C(=O)NCC(O)c2ccccc2F)c(=O)[nH]1. The van der Waals surface area contributed by atoms with E-state index >= 15 is 0 Å². The minimum atomic E-state index is -1.19. The molecule has 1 unspecified atom stereocenters. The summed E-state index contributed by atoms with van der Waals surface area (Å²) < 4.78 is 13.5. The molecule has 3 N–H and O–H groups in total. The fourth-order valence-corrected chi connectivity index (χ4v) is 2.27. The molecule has 0 spiro atoms. The predicted molar refractivity (Wildman–Crippen MR) is 80.2 cm³/mol. The van der Waals surface area contributed by atoms with Gasteiger partial charge in [0.25, 0.3) is 11.5 Å². The fourth-order valence-electron chi connectivity index (χ4n) is 2.27. The highest BCUT2D eigenvalue weighted by atomic mass is 19.1. The highest BCUT2D eigenvalue weighted by Crippen LogP contribution is 2.15. The number of aliphatic hydroxyl groups is 1. The summed E-state index contributed by atoms with van der Waals surface area (Å²) in [5, 5.41) is 12.4. The number of halogens is 1. The second kappa shape index (κ2) is 6.53. The average molecular weight is 304 g/mol. The van der Waals surface area contributed by atoms with Gasteiger partial charge in [-0.3, -0.25) is 9.59 Å². The van der Waals surface area contributed by atoms with Crippen LogP contribution in [0.1, 0.15) is 33.3 Å². The molecule has 22 heavy (non-hydrogen) atoms. The molecule has 0 fully saturated rings. The molecular weight excluding hydrogens is 287 g/mol. The van der Waals surface area contributed by atoms with Gasteiger partial charge in [-0.05, 0) is 31.5 Å². The minimum Gasteiger partial charge on any atom is -0.386 e. The van der Waals surface area contributed by atoms with Gasteiger partial charge in [-0.25, -0.2) is 4.39 Å². The number of rotatable bonds is 4. The Morgan fingerprint density at radius 1 is 1.36 bits per heavy atom. The minimum absolute atomic E-state index is 0.00802. The van der Waals surface area contributed by atoms with Crippen LogP contribution in [0.25, 0.3) is 0 Å². The summed E-state index contributed by atoms with van der Waals surface area (Å²) in [6, 6.07) is 7.46. The molecule has 1 heterocycles. The Bertz CT molecular complexity index is 755. The zero-order valence-electron chi connectivity index (χ0n) is 12.3. The second-order valence-electron chi connectivity index (χ2n) is 5.09. The van der Waals surface area contributed by atoms with Crippen molar-refractivity contribution in [3.8, 4) is 0 Å². The van der Waals surface area contributed by atoms with E-state index in [0.29, 0.717) is 11.3 Å². The van der Waals surface area contributed by atoms with E-state index in [2.05, 4.69) is 10.3 Å². The molecule has 1 amide bonds. The molecule has 116 valence electrons. The first-order valence-corrected chi connectivity index (χ1v) is 6.81. The molecule has 6 heteroatoms. The molecule has 5 nitrogen and oxygen atoms in total. The van der Waals surface area contributed by atoms with Gasteiger partial charge in [-0.2, -0.15) is 0 Å². The number of amides is 1. The lowest BCUT2D eigenvalue weighted by atomic mass is 10.1. The maximum absolute atomic E-state index is 13.5. The van der Waals surface area contributed by atoms with Crippen molar-refractivity contribution in [1.29, 1.82) is 0 Å². The number of benzene rings is 1. The van der Waals surface area contributed by atoms with Crippen molar-refractivity contribution >= 4 is 5.91 Å². The topological polar surface area (TPSA) is 82.2 Å². The second-order valence-corrected chi connectivity index (χ2v) is 5.09. The lowest BCUT2D eigenvalue weighted by molar-refractivity contribution is 0.0912. The molecule has 0 aliphatic rings. The Hall–Kier alpha value is -2.47. The van der Waals surface area contributed by atoms with E-state index < -0.39 is 23.4 Å². The molecule has 0 bridgehead atoms. The maximum Gasteiger partial charge on any atom is 0.261 e. The van der Waals surface area contributed by atoms with Gasteiger partial charge in [-0.15, -0.1) is 0 Å². The first kappa shape index (κ1) is 15.9. The Morgan fingerprint density at radius 3 is 2.68 bits per heavy atom. The number of aryl methyl sites for hydroxylation is 2. The molecular formula is C16H17FN2O3. The zero-order valence-corrected chi connectivity index (χ0v) is 12.3. The number of hydrogen-bond donors (Lipinski definition) is 3. The predicted octanol–water partition coefficient (Wildman–Crippen LogP) is 1.59. The van der Waals surface area contributed by atoms with Gasteiger partial charge in [0.2, 0.25) is 0 Å². The quantitative estimate of drug-likeness (QED) is 0.802. The number of aliphatic hydroxyl groups excluding tert-OH is 1. The Morgan fingerprint density at radius 2 is 2.05 bits per heavy atom. The molecule has 2 rings (SSSR count). The third-order valence-corrected chi connectivity index (χ3v) is 3.31. The maximum atomic E-state index is 13.5. The largest absolute Gasteiger partial charge is 0.386 e. The molecule has 2 aromatic rings. The lowest BCUT2D eigenvalue weighted by Gasteiger charge is -2.13.